The summed E-state index contributed by atoms with van der Waals surface area (Å²) in [4.78, 5) is 16.4. The molecule has 0 fully saturated rings. The number of halogens is 1. The Bertz CT molecular complexity index is 856. The van der Waals surface area contributed by atoms with Crippen LogP contribution in [0, 0.1) is 3.57 Å². The largest absolute Gasteiger partial charge is 0.493 e. The number of hydrogen-bond donors (Lipinski definition) is 0. The van der Waals surface area contributed by atoms with Crippen LogP contribution in [-0.4, -0.2) is 25.6 Å². The normalized spacial score (nSPS) is 15.1. The number of hydrogen-bond acceptors (Lipinski definition) is 5. The smallest absolute Gasteiger partial charge is 0.363 e. The van der Waals surface area contributed by atoms with E-state index in [1.54, 1.807) is 25.3 Å². The van der Waals surface area contributed by atoms with E-state index >= 15 is 0 Å². The summed E-state index contributed by atoms with van der Waals surface area (Å²) in [6, 6.07) is 13.1. The lowest BCUT2D eigenvalue weighted by atomic mass is 10.1. The highest BCUT2D eigenvalue weighted by molar-refractivity contribution is 14.1. The van der Waals surface area contributed by atoms with Gasteiger partial charge in [0.1, 0.15) is 0 Å². The van der Waals surface area contributed by atoms with Gasteiger partial charge in [-0.1, -0.05) is 6.07 Å². The van der Waals surface area contributed by atoms with Crippen molar-refractivity contribution in [3.05, 3.63) is 62.9 Å². The van der Waals surface area contributed by atoms with Crippen LogP contribution in [-0.2, 0) is 9.53 Å². The number of nitrogens with zero attached hydrogens (tertiary/aromatic N) is 1. The summed E-state index contributed by atoms with van der Waals surface area (Å²) < 4.78 is 17.2. The second-order valence-corrected chi connectivity index (χ2v) is 6.43. The number of benzene rings is 2. The summed E-state index contributed by atoms with van der Waals surface area (Å²) in [6.45, 7) is 2.46. The molecule has 1 aliphatic heterocycles. The van der Waals surface area contributed by atoms with Crippen LogP contribution in [0.3, 0.4) is 0 Å². The van der Waals surface area contributed by atoms with E-state index in [0.717, 1.165) is 14.7 Å². The zero-order valence-electron chi connectivity index (χ0n) is 13.8. The zero-order chi connectivity index (χ0) is 17.8. The highest BCUT2D eigenvalue weighted by Gasteiger charge is 2.24. The van der Waals surface area contributed by atoms with Crippen molar-refractivity contribution >= 4 is 40.5 Å². The van der Waals surface area contributed by atoms with Crippen molar-refractivity contribution in [3.63, 3.8) is 0 Å². The number of carbonyl (C=O) groups is 1. The number of rotatable bonds is 5. The van der Waals surface area contributed by atoms with Gasteiger partial charge in [0.05, 0.1) is 13.7 Å². The molecular weight excluding hydrogens is 433 g/mol. The summed E-state index contributed by atoms with van der Waals surface area (Å²) in [7, 11) is 1.58. The van der Waals surface area contributed by atoms with Gasteiger partial charge in [-0.25, -0.2) is 9.79 Å². The van der Waals surface area contributed by atoms with Gasteiger partial charge >= 0.3 is 5.97 Å². The summed E-state index contributed by atoms with van der Waals surface area (Å²) in [5.74, 6) is 1.10. The monoisotopic (exact) mass is 449 g/mol. The quantitative estimate of drug-likeness (QED) is 0.393. The molecule has 2 aromatic carbocycles. The molecule has 1 aliphatic rings. The van der Waals surface area contributed by atoms with Crippen LogP contribution in [0.25, 0.3) is 6.08 Å². The van der Waals surface area contributed by atoms with E-state index in [9.17, 15) is 4.79 Å². The molecule has 0 saturated heterocycles. The van der Waals surface area contributed by atoms with Crippen molar-refractivity contribution in [2.24, 2.45) is 4.99 Å². The van der Waals surface area contributed by atoms with Gasteiger partial charge in [0.2, 0.25) is 5.90 Å². The maximum absolute atomic E-state index is 12.1. The Labute approximate surface area is 159 Å². The molecule has 1 heterocycles. The number of methoxy groups -OCH3 is 1. The molecular formula is C19H16INO4. The Kier molecular flexibility index (Phi) is 5.37. The third-order valence-corrected chi connectivity index (χ3v) is 4.22. The molecule has 0 unspecified atom stereocenters. The average molecular weight is 449 g/mol. The molecule has 128 valence electrons. The highest BCUT2D eigenvalue weighted by Crippen LogP contribution is 2.29. The van der Waals surface area contributed by atoms with Crippen molar-refractivity contribution in [2.75, 3.05) is 13.7 Å². The number of ether oxygens (including phenoxy) is 3. The lowest BCUT2D eigenvalue weighted by molar-refractivity contribution is -0.129. The fraction of sp³-hybridized carbons (Fsp3) is 0.158. The molecule has 0 amide bonds. The van der Waals surface area contributed by atoms with Gasteiger partial charge in [0, 0.05) is 9.13 Å². The third-order valence-electron chi connectivity index (χ3n) is 3.50. The Hall–Kier alpha value is -2.35. The second-order valence-electron chi connectivity index (χ2n) is 5.19. The van der Waals surface area contributed by atoms with E-state index in [1.165, 1.54) is 0 Å². The summed E-state index contributed by atoms with van der Waals surface area (Å²) >= 11 is 2.22. The number of aliphatic imine (C=N–C) groups is 1. The first kappa shape index (κ1) is 17.5. The molecule has 0 aromatic heterocycles. The first-order valence-corrected chi connectivity index (χ1v) is 8.78. The van der Waals surface area contributed by atoms with Crippen LogP contribution in [0.5, 0.6) is 11.5 Å². The SMILES string of the molecule is CCOc1ccc(/C=C2\N=C(c3ccc(I)cc3)OC2=O)cc1OC. The van der Waals surface area contributed by atoms with Gasteiger partial charge in [-0.15, -0.1) is 0 Å². The lowest BCUT2D eigenvalue weighted by Gasteiger charge is -2.09. The molecule has 3 rings (SSSR count). The van der Waals surface area contributed by atoms with Crippen molar-refractivity contribution < 1.29 is 19.0 Å². The molecule has 6 heteroatoms. The molecule has 0 radical (unpaired) electrons. The van der Waals surface area contributed by atoms with E-state index < -0.39 is 5.97 Å². The van der Waals surface area contributed by atoms with Gasteiger partial charge in [0.15, 0.2) is 17.2 Å². The minimum atomic E-state index is -0.471. The predicted octanol–water partition coefficient (Wildman–Crippen LogP) is 4.04. The summed E-state index contributed by atoms with van der Waals surface area (Å²) in [6.07, 6.45) is 1.67. The van der Waals surface area contributed by atoms with Gasteiger partial charge in [-0.05, 0) is 77.6 Å². The fourth-order valence-electron chi connectivity index (χ4n) is 2.33. The standard InChI is InChI=1S/C19H16INO4/c1-3-24-16-9-4-12(11-17(16)23-2)10-15-19(22)25-18(21-15)13-5-7-14(20)8-6-13/h4-11H,3H2,1-2H3/b15-10-. The van der Waals surface area contributed by atoms with E-state index in [0.29, 0.717) is 24.0 Å². The molecule has 5 nitrogen and oxygen atoms in total. The molecule has 0 spiro atoms. The lowest BCUT2D eigenvalue weighted by Crippen LogP contribution is -2.05. The van der Waals surface area contributed by atoms with Crippen molar-refractivity contribution in [2.45, 2.75) is 6.92 Å². The molecule has 0 bridgehead atoms. The number of esters is 1. The number of cyclic esters (lactones) is 1. The second kappa shape index (κ2) is 7.69. The van der Waals surface area contributed by atoms with Crippen molar-refractivity contribution in [3.8, 4) is 11.5 Å². The average Bonchev–Trinajstić information content (AvgIpc) is 2.97. The minimum absolute atomic E-state index is 0.250. The van der Waals surface area contributed by atoms with Crippen molar-refractivity contribution in [1.82, 2.24) is 0 Å². The third kappa shape index (κ3) is 4.01. The van der Waals surface area contributed by atoms with E-state index in [2.05, 4.69) is 27.6 Å². The van der Waals surface area contributed by atoms with Crippen LogP contribution < -0.4 is 9.47 Å². The molecule has 0 aliphatic carbocycles. The predicted molar refractivity (Wildman–Crippen MR) is 104 cm³/mol. The van der Waals surface area contributed by atoms with E-state index in [4.69, 9.17) is 14.2 Å². The fourth-order valence-corrected chi connectivity index (χ4v) is 2.69. The van der Waals surface area contributed by atoms with Crippen molar-refractivity contribution in [1.29, 1.82) is 0 Å². The molecule has 0 N–H and O–H groups in total. The Morgan fingerprint density at radius 3 is 2.60 bits per heavy atom. The van der Waals surface area contributed by atoms with Gasteiger partial charge in [-0.2, -0.15) is 0 Å². The zero-order valence-corrected chi connectivity index (χ0v) is 15.9. The summed E-state index contributed by atoms with van der Waals surface area (Å²) in [5.41, 5.74) is 1.79. The van der Waals surface area contributed by atoms with Gasteiger partial charge in [0.25, 0.3) is 0 Å². The Morgan fingerprint density at radius 2 is 1.92 bits per heavy atom. The Morgan fingerprint density at radius 1 is 1.16 bits per heavy atom. The summed E-state index contributed by atoms with van der Waals surface area (Å²) in [5, 5.41) is 0. The Balaban J connectivity index is 1.90. The molecule has 2 aromatic rings. The van der Waals surface area contributed by atoms with E-state index in [1.807, 2.05) is 37.3 Å². The first-order valence-electron chi connectivity index (χ1n) is 7.70. The van der Waals surface area contributed by atoms with Gasteiger partial charge < -0.3 is 14.2 Å². The maximum atomic E-state index is 12.1. The van der Waals surface area contributed by atoms with Crippen LogP contribution in [0.4, 0.5) is 0 Å². The topological polar surface area (TPSA) is 57.1 Å². The molecule has 25 heavy (non-hydrogen) atoms. The first-order chi connectivity index (χ1) is 12.1. The van der Waals surface area contributed by atoms with E-state index in [-0.39, 0.29) is 5.70 Å². The van der Waals surface area contributed by atoms with Crippen LogP contribution in [0.1, 0.15) is 18.1 Å². The molecule has 0 atom stereocenters. The number of carbonyl (C=O) groups excluding carboxylic acids is 1. The molecule has 0 saturated carbocycles. The van der Waals surface area contributed by atoms with Gasteiger partial charge in [-0.3, -0.25) is 0 Å². The highest BCUT2D eigenvalue weighted by atomic mass is 127. The minimum Gasteiger partial charge on any atom is -0.493 e. The van der Waals surface area contributed by atoms with Crippen LogP contribution in [0.2, 0.25) is 0 Å². The van der Waals surface area contributed by atoms with Crippen LogP contribution in [0.15, 0.2) is 53.2 Å². The van der Waals surface area contributed by atoms with Crippen LogP contribution >= 0.6 is 22.6 Å². The maximum Gasteiger partial charge on any atom is 0.363 e.